The highest BCUT2D eigenvalue weighted by molar-refractivity contribution is 7.93. The van der Waals surface area contributed by atoms with Crippen molar-refractivity contribution in [3.63, 3.8) is 0 Å². The number of methoxy groups -OCH3 is 2. The van der Waals surface area contributed by atoms with Crippen LogP contribution in [0.4, 0.5) is 5.69 Å². The number of nitrogens with two attached hydrogens (primary N) is 1. The molecule has 3 N–H and O–H groups in total. The number of nitrogens with one attached hydrogen (secondary N) is 1. The van der Waals surface area contributed by atoms with Gasteiger partial charge < -0.3 is 9.47 Å². The largest absolute Gasteiger partial charge is 0.497 e. The SMILES string of the molecule is COc1cc(NS(=O)(=O)c2cccc(S(N)(=O)=O)c2)cc(OC)c1. The van der Waals surface area contributed by atoms with Crippen LogP contribution in [0.25, 0.3) is 0 Å². The van der Waals surface area contributed by atoms with Crippen molar-refractivity contribution in [3.8, 4) is 11.5 Å². The monoisotopic (exact) mass is 372 g/mol. The van der Waals surface area contributed by atoms with Crippen LogP contribution in [0.3, 0.4) is 0 Å². The van der Waals surface area contributed by atoms with E-state index in [0.717, 1.165) is 6.07 Å². The summed E-state index contributed by atoms with van der Waals surface area (Å²) in [6.45, 7) is 0. The van der Waals surface area contributed by atoms with Crippen LogP contribution >= 0.6 is 0 Å². The van der Waals surface area contributed by atoms with E-state index in [4.69, 9.17) is 14.6 Å². The van der Waals surface area contributed by atoms with E-state index in [-0.39, 0.29) is 15.5 Å². The van der Waals surface area contributed by atoms with Crippen molar-refractivity contribution in [2.45, 2.75) is 9.79 Å². The van der Waals surface area contributed by atoms with Gasteiger partial charge in [-0.05, 0) is 18.2 Å². The third-order valence-corrected chi connectivity index (χ3v) is 5.34. The van der Waals surface area contributed by atoms with Crippen LogP contribution < -0.4 is 19.3 Å². The van der Waals surface area contributed by atoms with E-state index in [1.165, 1.54) is 44.6 Å². The third-order valence-electron chi connectivity index (χ3n) is 3.05. The van der Waals surface area contributed by atoms with Crippen LogP contribution in [-0.2, 0) is 20.0 Å². The fourth-order valence-electron chi connectivity index (χ4n) is 1.90. The molecule has 0 spiro atoms. The number of hydrogen-bond acceptors (Lipinski definition) is 6. The van der Waals surface area contributed by atoms with Crippen LogP contribution in [0.15, 0.2) is 52.3 Å². The van der Waals surface area contributed by atoms with Crippen molar-refractivity contribution in [1.29, 1.82) is 0 Å². The van der Waals surface area contributed by atoms with E-state index >= 15 is 0 Å². The quantitative estimate of drug-likeness (QED) is 0.784. The number of anilines is 1. The number of primary sulfonamides is 1. The zero-order chi connectivity index (χ0) is 18.0. The van der Waals surface area contributed by atoms with Crippen LogP contribution in [-0.4, -0.2) is 31.1 Å². The Morgan fingerprint density at radius 1 is 0.875 bits per heavy atom. The van der Waals surface area contributed by atoms with Gasteiger partial charge in [-0.2, -0.15) is 0 Å². The molecule has 0 atom stereocenters. The summed E-state index contributed by atoms with van der Waals surface area (Å²) < 4.78 is 60.1. The van der Waals surface area contributed by atoms with E-state index < -0.39 is 20.0 Å². The van der Waals surface area contributed by atoms with Gasteiger partial charge in [-0.25, -0.2) is 22.0 Å². The van der Waals surface area contributed by atoms with Crippen LogP contribution in [0.5, 0.6) is 11.5 Å². The molecule has 0 radical (unpaired) electrons. The number of ether oxygens (including phenoxy) is 2. The Balaban J connectivity index is 2.42. The lowest BCUT2D eigenvalue weighted by Gasteiger charge is -2.12. The Bertz CT molecular complexity index is 933. The maximum atomic E-state index is 12.5. The molecule has 10 heteroatoms. The summed E-state index contributed by atoms with van der Waals surface area (Å²) in [5.74, 6) is 0.788. The molecule has 2 aromatic carbocycles. The molecule has 0 fully saturated rings. The number of sulfonamides is 2. The molecule has 0 aromatic heterocycles. The average molecular weight is 372 g/mol. The second-order valence-electron chi connectivity index (χ2n) is 4.73. The van der Waals surface area contributed by atoms with Gasteiger partial charge in [0.1, 0.15) is 11.5 Å². The molecule has 0 aliphatic rings. The molecule has 0 aliphatic carbocycles. The van der Waals surface area contributed by atoms with Gasteiger partial charge in [-0.15, -0.1) is 0 Å². The lowest BCUT2D eigenvalue weighted by molar-refractivity contribution is 0.395. The highest BCUT2D eigenvalue weighted by Gasteiger charge is 2.18. The fourth-order valence-corrected chi connectivity index (χ4v) is 3.62. The molecular weight excluding hydrogens is 356 g/mol. The van der Waals surface area contributed by atoms with Crippen LogP contribution in [0, 0.1) is 0 Å². The molecule has 24 heavy (non-hydrogen) atoms. The second kappa shape index (κ2) is 6.67. The minimum Gasteiger partial charge on any atom is -0.497 e. The van der Waals surface area contributed by atoms with Gasteiger partial charge >= 0.3 is 0 Å². The number of hydrogen-bond donors (Lipinski definition) is 2. The number of benzene rings is 2. The van der Waals surface area contributed by atoms with Crippen molar-refractivity contribution in [3.05, 3.63) is 42.5 Å². The number of rotatable bonds is 6. The smallest absolute Gasteiger partial charge is 0.261 e. The van der Waals surface area contributed by atoms with Crippen molar-refractivity contribution in [2.24, 2.45) is 5.14 Å². The summed E-state index contributed by atoms with van der Waals surface area (Å²) in [4.78, 5) is -0.538. The van der Waals surface area contributed by atoms with Gasteiger partial charge in [0.25, 0.3) is 10.0 Å². The second-order valence-corrected chi connectivity index (χ2v) is 7.97. The summed E-state index contributed by atoms with van der Waals surface area (Å²) >= 11 is 0. The van der Waals surface area contributed by atoms with Gasteiger partial charge in [0, 0.05) is 18.2 Å². The first kappa shape index (κ1) is 18.0. The maximum Gasteiger partial charge on any atom is 0.261 e. The molecule has 0 aliphatic heterocycles. The summed E-state index contributed by atoms with van der Waals surface area (Å²) in [6, 6.07) is 9.25. The van der Waals surface area contributed by atoms with Gasteiger partial charge in [0.15, 0.2) is 0 Å². The average Bonchev–Trinajstić information content (AvgIpc) is 2.53. The predicted octanol–water partition coefficient (Wildman–Crippen LogP) is 1.15. The summed E-state index contributed by atoms with van der Waals surface area (Å²) in [5, 5.41) is 5.02. The van der Waals surface area contributed by atoms with E-state index in [9.17, 15) is 16.8 Å². The van der Waals surface area contributed by atoms with E-state index in [1.54, 1.807) is 6.07 Å². The first-order valence-electron chi connectivity index (χ1n) is 6.54. The van der Waals surface area contributed by atoms with E-state index in [1.807, 2.05) is 0 Å². The molecule has 0 amide bonds. The molecule has 130 valence electrons. The molecule has 0 heterocycles. The summed E-state index contributed by atoms with van der Waals surface area (Å²) in [6.07, 6.45) is 0. The molecule has 0 bridgehead atoms. The zero-order valence-corrected chi connectivity index (χ0v) is 14.5. The minimum atomic E-state index is -4.03. The topological polar surface area (TPSA) is 125 Å². The first-order chi connectivity index (χ1) is 11.2. The third kappa shape index (κ3) is 4.16. The van der Waals surface area contributed by atoms with Gasteiger partial charge in [0.2, 0.25) is 10.0 Å². The lowest BCUT2D eigenvalue weighted by atomic mass is 10.3. The highest BCUT2D eigenvalue weighted by atomic mass is 32.2. The van der Waals surface area contributed by atoms with Crippen molar-refractivity contribution < 1.29 is 26.3 Å². The van der Waals surface area contributed by atoms with Crippen molar-refractivity contribution in [2.75, 3.05) is 18.9 Å². The molecular formula is C14H16N2O6S2. The lowest BCUT2D eigenvalue weighted by Crippen LogP contribution is -2.16. The summed E-state index contributed by atoms with van der Waals surface area (Å²) in [7, 11) is -5.17. The standard InChI is InChI=1S/C14H16N2O6S2/c1-21-11-6-10(7-12(8-11)22-2)16-24(19,20)14-5-3-4-13(9-14)23(15,17)18/h3-9,16H,1-2H3,(H2,15,17,18). The Labute approximate surface area is 140 Å². The normalized spacial score (nSPS) is 11.8. The molecule has 8 nitrogen and oxygen atoms in total. The Morgan fingerprint density at radius 3 is 1.92 bits per heavy atom. The van der Waals surface area contributed by atoms with Crippen LogP contribution in [0.1, 0.15) is 0 Å². The predicted molar refractivity (Wildman–Crippen MR) is 88.2 cm³/mol. The van der Waals surface area contributed by atoms with E-state index in [0.29, 0.717) is 11.5 Å². The molecule has 2 rings (SSSR count). The highest BCUT2D eigenvalue weighted by Crippen LogP contribution is 2.27. The first-order valence-corrected chi connectivity index (χ1v) is 9.57. The molecule has 0 saturated carbocycles. The molecule has 0 saturated heterocycles. The van der Waals surface area contributed by atoms with Crippen molar-refractivity contribution >= 4 is 25.7 Å². The minimum absolute atomic E-state index is 0.201. The van der Waals surface area contributed by atoms with E-state index in [2.05, 4.69) is 4.72 Å². The van der Waals surface area contributed by atoms with Gasteiger partial charge in [0.05, 0.1) is 29.7 Å². The maximum absolute atomic E-state index is 12.5. The van der Waals surface area contributed by atoms with Crippen LogP contribution in [0.2, 0.25) is 0 Å². The fraction of sp³-hybridized carbons (Fsp3) is 0.143. The van der Waals surface area contributed by atoms with Gasteiger partial charge in [-0.3, -0.25) is 4.72 Å². The Hall–Kier alpha value is -2.30. The Morgan fingerprint density at radius 2 is 1.42 bits per heavy atom. The van der Waals surface area contributed by atoms with Gasteiger partial charge in [-0.1, -0.05) is 6.07 Å². The van der Waals surface area contributed by atoms with Crippen molar-refractivity contribution in [1.82, 2.24) is 0 Å². The molecule has 0 unspecified atom stereocenters. The zero-order valence-electron chi connectivity index (χ0n) is 12.9. The Kier molecular flexibility index (Phi) is 5.02. The summed E-state index contributed by atoms with van der Waals surface area (Å²) in [5.41, 5.74) is 0.201. The molecule has 2 aromatic rings.